The Bertz CT molecular complexity index is 733. The van der Waals surface area contributed by atoms with Gasteiger partial charge in [0.2, 0.25) is 0 Å². The van der Waals surface area contributed by atoms with E-state index in [1.165, 1.54) is 4.90 Å². The van der Waals surface area contributed by atoms with Gasteiger partial charge in [-0.05, 0) is 32.8 Å². The molecule has 1 atom stereocenters. The summed E-state index contributed by atoms with van der Waals surface area (Å²) in [6, 6.07) is 7.43. The second-order valence-electron chi connectivity index (χ2n) is 5.69. The third-order valence-electron chi connectivity index (χ3n) is 4.38. The molecule has 5 nitrogen and oxygen atoms in total. The number of furan rings is 1. The van der Waals surface area contributed by atoms with Crippen molar-refractivity contribution >= 4 is 22.8 Å². The van der Waals surface area contributed by atoms with Crippen LogP contribution >= 0.6 is 0 Å². The Labute approximate surface area is 122 Å². The number of aryl methyl sites for hydroxylation is 1. The Kier molecular flexibility index (Phi) is 3.01. The number of rotatable bonds is 2. The standard InChI is InChI=1S/C16H17NO4/c1-10-11-6-3-4-7-12(11)21-13(10)14(18)17-9-5-8-16(17,2)15(19)20/h3-4,6-7H,5,8-9H2,1-2H3,(H,19,20). The van der Waals surface area contributed by atoms with Crippen molar-refractivity contribution in [1.29, 1.82) is 0 Å². The highest BCUT2D eigenvalue weighted by Gasteiger charge is 2.47. The van der Waals surface area contributed by atoms with Crippen molar-refractivity contribution in [1.82, 2.24) is 4.90 Å². The number of benzene rings is 1. The van der Waals surface area contributed by atoms with Crippen LogP contribution in [0.2, 0.25) is 0 Å². The van der Waals surface area contributed by atoms with Gasteiger partial charge < -0.3 is 14.4 Å². The molecule has 1 aromatic carbocycles. The maximum absolute atomic E-state index is 12.7. The SMILES string of the molecule is Cc1c(C(=O)N2CCCC2(C)C(=O)O)oc2ccccc12. The average molecular weight is 287 g/mol. The highest BCUT2D eigenvalue weighted by Crippen LogP contribution is 2.33. The Balaban J connectivity index is 2.05. The molecular weight excluding hydrogens is 270 g/mol. The van der Waals surface area contributed by atoms with E-state index in [1.807, 2.05) is 25.1 Å². The van der Waals surface area contributed by atoms with Crippen LogP contribution < -0.4 is 0 Å². The van der Waals surface area contributed by atoms with Crippen molar-refractivity contribution in [2.24, 2.45) is 0 Å². The molecule has 21 heavy (non-hydrogen) atoms. The lowest BCUT2D eigenvalue weighted by Crippen LogP contribution is -2.50. The van der Waals surface area contributed by atoms with E-state index >= 15 is 0 Å². The van der Waals surface area contributed by atoms with Gasteiger partial charge in [-0.2, -0.15) is 0 Å². The zero-order valence-electron chi connectivity index (χ0n) is 12.0. The number of aliphatic carboxylic acids is 1. The highest BCUT2D eigenvalue weighted by molar-refractivity contribution is 6.01. The number of hydrogen-bond acceptors (Lipinski definition) is 3. The van der Waals surface area contributed by atoms with E-state index in [-0.39, 0.29) is 11.7 Å². The number of carbonyl (C=O) groups excluding carboxylic acids is 1. The van der Waals surface area contributed by atoms with E-state index in [0.29, 0.717) is 25.0 Å². The van der Waals surface area contributed by atoms with Crippen molar-refractivity contribution in [3.05, 3.63) is 35.6 Å². The quantitative estimate of drug-likeness (QED) is 0.922. The van der Waals surface area contributed by atoms with Crippen LogP contribution in [0.15, 0.2) is 28.7 Å². The fourth-order valence-corrected chi connectivity index (χ4v) is 3.01. The molecule has 5 heteroatoms. The Morgan fingerprint density at radius 3 is 2.71 bits per heavy atom. The summed E-state index contributed by atoms with van der Waals surface area (Å²) in [5, 5.41) is 10.3. The maximum atomic E-state index is 12.7. The first-order valence-electron chi connectivity index (χ1n) is 6.98. The van der Waals surface area contributed by atoms with Crippen LogP contribution in [0.1, 0.15) is 35.9 Å². The van der Waals surface area contributed by atoms with Gasteiger partial charge in [0.05, 0.1) is 0 Å². The van der Waals surface area contributed by atoms with Crippen LogP contribution in [0.25, 0.3) is 11.0 Å². The first kappa shape index (κ1) is 13.7. The summed E-state index contributed by atoms with van der Waals surface area (Å²) in [6.45, 7) is 3.86. The van der Waals surface area contributed by atoms with Gasteiger partial charge in [0, 0.05) is 17.5 Å². The summed E-state index contributed by atoms with van der Waals surface area (Å²) in [4.78, 5) is 25.6. The molecule has 2 heterocycles. The smallest absolute Gasteiger partial charge is 0.329 e. The lowest BCUT2D eigenvalue weighted by atomic mass is 9.99. The zero-order chi connectivity index (χ0) is 15.2. The number of carboxylic acids is 1. The van der Waals surface area contributed by atoms with E-state index in [1.54, 1.807) is 13.0 Å². The normalized spacial score (nSPS) is 21.9. The first-order chi connectivity index (χ1) is 9.95. The largest absolute Gasteiger partial charge is 0.480 e. The molecule has 1 amide bonds. The second-order valence-corrected chi connectivity index (χ2v) is 5.69. The fraction of sp³-hybridized carbons (Fsp3) is 0.375. The molecular formula is C16H17NO4. The second kappa shape index (κ2) is 4.62. The van der Waals surface area contributed by atoms with Gasteiger partial charge in [-0.3, -0.25) is 4.79 Å². The number of carbonyl (C=O) groups is 2. The molecule has 1 N–H and O–H groups in total. The minimum atomic E-state index is -1.15. The third kappa shape index (κ3) is 1.92. The van der Waals surface area contributed by atoms with Gasteiger partial charge in [0.25, 0.3) is 5.91 Å². The molecule has 3 rings (SSSR count). The summed E-state index contributed by atoms with van der Waals surface area (Å²) in [6.07, 6.45) is 1.15. The lowest BCUT2D eigenvalue weighted by molar-refractivity contribution is -0.147. The van der Waals surface area contributed by atoms with Crippen molar-refractivity contribution in [3.63, 3.8) is 0 Å². The number of amides is 1. The third-order valence-corrected chi connectivity index (χ3v) is 4.38. The minimum absolute atomic E-state index is 0.241. The van der Waals surface area contributed by atoms with Crippen molar-refractivity contribution in [3.8, 4) is 0 Å². The van der Waals surface area contributed by atoms with Gasteiger partial charge in [-0.25, -0.2) is 4.79 Å². The van der Waals surface area contributed by atoms with Crippen LogP contribution in [0.5, 0.6) is 0 Å². The first-order valence-corrected chi connectivity index (χ1v) is 6.98. The van der Waals surface area contributed by atoms with E-state index in [0.717, 1.165) is 10.9 Å². The molecule has 0 radical (unpaired) electrons. The monoisotopic (exact) mass is 287 g/mol. The van der Waals surface area contributed by atoms with Crippen molar-refractivity contribution < 1.29 is 19.1 Å². The van der Waals surface area contributed by atoms with Gasteiger partial charge in [-0.1, -0.05) is 18.2 Å². The fourth-order valence-electron chi connectivity index (χ4n) is 3.01. The number of hydrogen-bond donors (Lipinski definition) is 1. The summed E-state index contributed by atoms with van der Waals surface area (Å²) >= 11 is 0. The van der Waals surface area contributed by atoms with E-state index in [4.69, 9.17) is 4.42 Å². The van der Waals surface area contributed by atoms with Crippen molar-refractivity contribution in [2.75, 3.05) is 6.54 Å². The van der Waals surface area contributed by atoms with Gasteiger partial charge >= 0.3 is 5.97 Å². The Morgan fingerprint density at radius 2 is 2.05 bits per heavy atom. The van der Waals surface area contributed by atoms with Crippen LogP contribution in [0.4, 0.5) is 0 Å². The van der Waals surface area contributed by atoms with Gasteiger partial charge in [-0.15, -0.1) is 0 Å². The summed E-state index contributed by atoms with van der Waals surface area (Å²) in [7, 11) is 0. The summed E-state index contributed by atoms with van der Waals surface area (Å²) in [5.74, 6) is -1.07. The van der Waals surface area contributed by atoms with Crippen LogP contribution in [-0.4, -0.2) is 34.0 Å². The van der Waals surface area contributed by atoms with Crippen molar-refractivity contribution in [2.45, 2.75) is 32.2 Å². The Hall–Kier alpha value is -2.30. The number of likely N-dealkylation sites (tertiary alicyclic amines) is 1. The summed E-state index contributed by atoms with van der Waals surface area (Å²) < 4.78 is 5.66. The van der Waals surface area contributed by atoms with Crippen LogP contribution in [0, 0.1) is 6.92 Å². The van der Waals surface area contributed by atoms with Crippen LogP contribution in [0.3, 0.4) is 0 Å². The Morgan fingerprint density at radius 1 is 1.33 bits per heavy atom. The molecule has 2 aromatic rings. The minimum Gasteiger partial charge on any atom is -0.480 e. The molecule has 0 bridgehead atoms. The van der Waals surface area contributed by atoms with E-state index in [9.17, 15) is 14.7 Å². The average Bonchev–Trinajstić information content (AvgIpc) is 3.01. The molecule has 1 aromatic heterocycles. The predicted molar refractivity (Wildman–Crippen MR) is 77.3 cm³/mol. The van der Waals surface area contributed by atoms with Gasteiger partial charge in [0.1, 0.15) is 11.1 Å². The van der Waals surface area contributed by atoms with E-state index < -0.39 is 11.5 Å². The molecule has 1 saturated heterocycles. The number of fused-ring (bicyclic) bond motifs is 1. The highest BCUT2D eigenvalue weighted by atomic mass is 16.4. The predicted octanol–water partition coefficient (Wildman–Crippen LogP) is 2.82. The molecule has 1 fully saturated rings. The van der Waals surface area contributed by atoms with Gasteiger partial charge in [0.15, 0.2) is 5.76 Å². The number of carboxylic acid groups (broad SMARTS) is 1. The zero-order valence-corrected chi connectivity index (χ0v) is 12.0. The summed E-state index contributed by atoms with van der Waals surface area (Å²) in [5.41, 5.74) is 0.257. The molecule has 0 saturated carbocycles. The maximum Gasteiger partial charge on any atom is 0.329 e. The molecule has 1 aliphatic heterocycles. The lowest BCUT2D eigenvalue weighted by Gasteiger charge is -2.30. The number of para-hydroxylation sites is 1. The van der Waals surface area contributed by atoms with Crippen LogP contribution in [-0.2, 0) is 4.79 Å². The molecule has 1 unspecified atom stereocenters. The topological polar surface area (TPSA) is 70.8 Å². The molecule has 0 aliphatic carbocycles. The molecule has 1 aliphatic rings. The molecule has 110 valence electrons. The van der Waals surface area contributed by atoms with E-state index in [2.05, 4.69) is 0 Å². The molecule has 0 spiro atoms. The number of nitrogens with zero attached hydrogens (tertiary/aromatic N) is 1.